The normalized spacial score (nSPS) is 23.2. The maximum atomic E-state index is 6.03. The van der Waals surface area contributed by atoms with Crippen LogP contribution in [0.4, 0.5) is 0 Å². The molecule has 21 heavy (non-hydrogen) atoms. The van der Waals surface area contributed by atoms with E-state index in [2.05, 4.69) is 55.3 Å². The summed E-state index contributed by atoms with van der Waals surface area (Å²) in [5.41, 5.74) is 1.25. The van der Waals surface area contributed by atoms with E-state index < -0.39 is 0 Å². The van der Waals surface area contributed by atoms with Crippen molar-refractivity contribution in [3.8, 4) is 5.75 Å². The van der Waals surface area contributed by atoms with Gasteiger partial charge in [-0.25, -0.2) is 0 Å². The van der Waals surface area contributed by atoms with Crippen molar-refractivity contribution >= 4 is 0 Å². The van der Waals surface area contributed by atoms with E-state index in [1.165, 1.54) is 25.1 Å². The number of likely N-dealkylation sites (tertiary alicyclic amines) is 1. The number of nitrogens with one attached hydrogen (secondary N) is 1. The van der Waals surface area contributed by atoms with Gasteiger partial charge >= 0.3 is 0 Å². The van der Waals surface area contributed by atoms with Gasteiger partial charge in [0.1, 0.15) is 12.4 Å². The highest BCUT2D eigenvalue weighted by atomic mass is 16.5. The van der Waals surface area contributed by atoms with Crippen LogP contribution >= 0.6 is 0 Å². The maximum absolute atomic E-state index is 6.03. The van der Waals surface area contributed by atoms with Crippen molar-refractivity contribution in [3.63, 3.8) is 0 Å². The van der Waals surface area contributed by atoms with Crippen LogP contribution < -0.4 is 10.1 Å². The zero-order chi connectivity index (χ0) is 15.1. The summed E-state index contributed by atoms with van der Waals surface area (Å²) in [6.07, 6.45) is 1.36. The molecular formula is C18H30N2O. The minimum atomic E-state index is 0.780. The van der Waals surface area contributed by atoms with Gasteiger partial charge in [0, 0.05) is 31.7 Å². The Kier molecular flexibility index (Phi) is 6.52. The molecule has 0 saturated carbocycles. The standard InChI is InChI=1S/C18H30N2O/c1-4-19-12-17-7-5-6-8-18(17)21-10-9-20-13-15(2)11-16(3)14-20/h5-8,15-16,19H,4,9-14H2,1-3H3. The van der Waals surface area contributed by atoms with Gasteiger partial charge in [-0.2, -0.15) is 0 Å². The molecule has 0 bridgehead atoms. The molecule has 0 radical (unpaired) electrons. The fraction of sp³-hybridized carbons (Fsp3) is 0.667. The van der Waals surface area contributed by atoms with Crippen LogP contribution in [0, 0.1) is 11.8 Å². The lowest BCUT2D eigenvalue weighted by molar-refractivity contribution is 0.120. The zero-order valence-electron chi connectivity index (χ0n) is 13.8. The molecule has 1 heterocycles. The number of hydrogen-bond donors (Lipinski definition) is 1. The molecule has 1 fully saturated rings. The lowest BCUT2D eigenvalue weighted by Crippen LogP contribution is -2.40. The van der Waals surface area contributed by atoms with Gasteiger partial charge in [0.2, 0.25) is 0 Å². The fourth-order valence-electron chi connectivity index (χ4n) is 3.31. The summed E-state index contributed by atoms with van der Waals surface area (Å²) in [5.74, 6) is 2.65. The molecule has 1 aromatic rings. The minimum absolute atomic E-state index is 0.780. The van der Waals surface area contributed by atoms with E-state index in [-0.39, 0.29) is 0 Å². The third-order valence-electron chi connectivity index (χ3n) is 4.15. The van der Waals surface area contributed by atoms with Gasteiger partial charge < -0.3 is 10.1 Å². The second kappa shape index (κ2) is 8.40. The van der Waals surface area contributed by atoms with Gasteiger partial charge in [0.05, 0.1) is 0 Å². The Bertz CT molecular complexity index is 411. The Balaban J connectivity index is 1.80. The maximum Gasteiger partial charge on any atom is 0.123 e. The fourth-order valence-corrected chi connectivity index (χ4v) is 3.31. The first-order valence-corrected chi connectivity index (χ1v) is 8.32. The monoisotopic (exact) mass is 290 g/mol. The van der Waals surface area contributed by atoms with E-state index in [1.54, 1.807) is 0 Å². The molecule has 0 amide bonds. The van der Waals surface area contributed by atoms with E-state index in [0.717, 1.165) is 43.8 Å². The molecule has 0 aromatic heterocycles. The van der Waals surface area contributed by atoms with Crippen LogP contribution in [0.3, 0.4) is 0 Å². The predicted molar refractivity (Wildman–Crippen MR) is 88.7 cm³/mol. The predicted octanol–water partition coefficient (Wildman–Crippen LogP) is 3.15. The Morgan fingerprint density at radius 3 is 2.62 bits per heavy atom. The van der Waals surface area contributed by atoms with Gasteiger partial charge in [-0.15, -0.1) is 0 Å². The second-order valence-electron chi connectivity index (χ2n) is 6.44. The molecule has 2 unspecified atom stereocenters. The van der Waals surface area contributed by atoms with Crippen LogP contribution in [0.25, 0.3) is 0 Å². The van der Waals surface area contributed by atoms with Gasteiger partial charge in [-0.05, 0) is 30.9 Å². The van der Waals surface area contributed by atoms with Crippen LogP contribution in [0.5, 0.6) is 5.75 Å². The van der Waals surface area contributed by atoms with E-state index in [9.17, 15) is 0 Å². The van der Waals surface area contributed by atoms with Crippen molar-refractivity contribution in [2.24, 2.45) is 11.8 Å². The molecule has 2 atom stereocenters. The molecule has 1 N–H and O–H groups in total. The van der Waals surface area contributed by atoms with Crippen molar-refractivity contribution in [2.45, 2.75) is 33.7 Å². The Morgan fingerprint density at radius 1 is 1.19 bits per heavy atom. The highest BCUT2D eigenvalue weighted by Gasteiger charge is 2.21. The second-order valence-corrected chi connectivity index (χ2v) is 6.44. The average molecular weight is 290 g/mol. The van der Waals surface area contributed by atoms with Gasteiger partial charge in [-0.1, -0.05) is 39.0 Å². The van der Waals surface area contributed by atoms with Gasteiger partial charge in [0.25, 0.3) is 0 Å². The number of benzene rings is 1. The van der Waals surface area contributed by atoms with E-state index >= 15 is 0 Å². The van der Waals surface area contributed by atoms with Crippen LogP contribution in [0.1, 0.15) is 32.8 Å². The number of hydrogen-bond acceptors (Lipinski definition) is 3. The summed E-state index contributed by atoms with van der Waals surface area (Å²) in [5, 5.41) is 3.37. The molecule has 1 aliphatic heterocycles. The number of rotatable bonds is 7. The molecule has 3 heteroatoms. The molecule has 118 valence electrons. The van der Waals surface area contributed by atoms with Crippen molar-refractivity contribution < 1.29 is 4.74 Å². The smallest absolute Gasteiger partial charge is 0.123 e. The van der Waals surface area contributed by atoms with Crippen molar-refractivity contribution in [3.05, 3.63) is 29.8 Å². The molecular weight excluding hydrogens is 260 g/mol. The Morgan fingerprint density at radius 2 is 1.90 bits per heavy atom. The SMILES string of the molecule is CCNCc1ccccc1OCCN1CC(C)CC(C)C1. The summed E-state index contributed by atoms with van der Waals surface area (Å²) in [6.45, 7) is 12.9. The third-order valence-corrected chi connectivity index (χ3v) is 4.15. The van der Waals surface area contributed by atoms with Crippen LogP contribution in [-0.4, -0.2) is 37.7 Å². The van der Waals surface area contributed by atoms with Crippen molar-refractivity contribution in [1.29, 1.82) is 0 Å². The number of ether oxygens (including phenoxy) is 1. The summed E-state index contributed by atoms with van der Waals surface area (Å²) < 4.78 is 6.03. The molecule has 0 spiro atoms. The Labute approximate surface area is 129 Å². The van der Waals surface area contributed by atoms with Crippen LogP contribution in [0.2, 0.25) is 0 Å². The molecule has 1 aromatic carbocycles. The number of piperidine rings is 1. The number of para-hydroxylation sites is 1. The molecule has 1 aliphatic rings. The molecule has 1 saturated heterocycles. The van der Waals surface area contributed by atoms with Crippen molar-refractivity contribution in [1.82, 2.24) is 10.2 Å². The lowest BCUT2D eigenvalue weighted by atomic mass is 9.92. The Hall–Kier alpha value is -1.06. The van der Waals surface area contributed by atoms with E-state index in [0.29, 0.717) is 0 Å². The van der Waals surface area contributed by atoms with E-state index in [1.807, 2.05) is 0 Å². The lowest BCUT2D eigenvalue weighted by Gasteiger charge is -2.34. The third kappa shape index (κ3) is 5.33. The average Bonchev–Trinajstić information content (AvgIpc) is 2.45. The first kappa shape index (κ1) is 16.3. The van der Waals surface area contributed by atoms with Crippen LogP contribution in [0.15, 0.2) is 24.3 Å². The largest absolute Gasteiger partial charge is 0.492 e. The van der Waals surface area contributed by atoms with E-state index in [4.69, 9.17) is 4.74 Å². The van der Waals surface area contributed by atoms with Crippen LogP contribution in [-0.2, 0) is 6.54 Å². The summed E-state index contributed by atoms with van der Waals surface area (Å²) in [6, 6.07) is 8.35. The quantitative estimate of drug-likeness (QED) is 0.835. The van der Waals surface area contributed by atoms with Crippen molar-refractivity contribution in [2.75, 3.05) is 32.8 Å². The first-order chi connectivity index (χ1) is 10.2. The van der Waals surface area contributed by atoms with Gasteiger partial charge in [-0.3, -0.25) is 4.90 Å². The first-order valence-electron chi connectivity index (χ1n) is 8.32. The summed E-state index contributed by atoms with van der Waals surface area (Å²) in [7, 11) is 0. The summed E-state index contributed by atoms with van der Waals surface area (Å²) in [4.78, 5) is 2.55. The molecule has 2 rings (SSSR count). The highest BCUT2D eigenvalue weighted by Crippen LogP contribution is 2.21. The topological polar surface area (TPSA) is 24.5 Å². The minimum Gasteiger partial charge on any atom is -0.492 e. The molecule has 0 aliphatic carbocycles. The number of nitrogens with zero attached hydrogens (tertiary/aromatic N) is 1. The zero-order valence-corrected chi connectivity index (χ0v) is 13.8. The highest BCUT2D eigenvalue weighted by molar-refractivity contribution is 5.33. The molecule has 3 nitrogen and oxygen atoms in total. The summed E-state index contributed by atoms with van der Waals surface area (Å²) >= 11 is 0. The van der Waals surface area contributed by atoms with Gasteiger partial charge in [0.15, 0.2) is 0 Å².